The summed E-state index contributed by atoms with van der Waals surface area (Å²) in [5, 5.41) is 3.20. The Morgan fingerprint density at radius 2 is 2.04 bits per heavy atom. The molecule has 0 bridgehead atoms. The fourth-order valence-corrected chi connectivity index (χ4v) is 4.32. The number of methoxy groups -OCH3 is 1. The van der Waals surface area contributed by atoms with Crippen LogP contribution >= 0.6 is 0 Å². The molecule has 0 saturated carbocycles. The second-order valence-electron chi connectivity index (χ2n) is 7.73. The highest BCUT2D eigenvalue weighted by atomic mass is 16.5. The molecule has 1 heterocycles. The monoisotopic (exact) mass is 378 g/mol. The summed E-state index contributed by atoms with van der Waals surface area (Å²) in [6.45, 7) is 2.37. The van der Waals surface area contributed by atoms with Crippen LogP contribution in [0.1, 0.15) is 42.0 Å². The van der Waals surface area contributed by atoms with Crippen molar-refractivity contribution in [1.82, 2.24) is 5.32 Å². The summed E-state index contributed by atoms with van der Waals surface area (Å²) in [4.78, 5) is 27.3. The Hall–Kier alpha value is -2.82. The third-order valence-electron chi connectivity index (χ3n) is 5.81. The van der Waals surface area contributed by atoms with E-state index in [1.807, 2.05) is 37.3 Å². The van der Waals surface area contributed by atoms with E-state index in [1.54, 1.807) is 12.0 Å². The Labute approximate surface area is 165 Å². The van der Waals surface area contributed by atoms with Crippen LogP contribution in [0.4, 0.5) is 5.69 Å². The van der Waals surface area contributed by atoms with E-state index in [9.17, 15) is 9.59 Å². The number of hydrogen-bond donors (Lipinski definition) is 1. The van der Waals surface area contributed by atoms with Gasteiger partial charge >= 0.3 is 0 Å². The maximum absolute atomic E-state index is 12.9. The average Bonchev–Trinajstić information content (AvgIpc) is 3.10. The average molecular weight is 378 g/mol. The van der Waals surface area contributed by atoms with Crippen LogP contribution in [-0.2, 0) is 16.0 Å². The summed E-state index contributed by atoms with van der Waals surface area (Å²) in [5.74, 6) is 0.241. The van der Waals surface area contributed by atoms with Gasteiger partial charge < -0.3 is 15.0 Å². The minimum absolute atomic E-state index is 0.0342. The number of fused-ring (bicyclic) bond motifs is 1. The number of hydrogen-bond acceptors (Lipinski definition) is 3. The summed E-state index contributed by atoms with van der Waals surface area (Å²) in [7, 11) is 1.60. The van der Waals surface area contributed by atoms with Crippen molar-refractivity contribution < 1.29 is 14.3 Å². The van der Waals surface area contributed by atoms with Crippen molar-refractivity contribution in [3.8, 4) is 5.75 Å². The molecule has 2 aromatic carbocycles. The highest BCUT2D eigenvalue weighted by molar-refractivity contribution is 6.01. The minimum Gasteiger partial charge on any atom is -0.495 e. The van der Waals surface area contributed by atoms with Crippen LogP contribution in [0.25, 0.3) is 0 Å². The van der Waals surface area contributed by atoms with E-state index >= 15 is 0 Å². The van der Waals surface area contributed by atoms with Crippen molar-refractivity contribution in [3.63, 3.8) is 0 Å². The molecule has 4 rings (SSSR count). The molecule has 2 amide bonds. The first-order valence-corrected chi connectivity index (χ1v) is 9.90. The summed E-state index contributed by atoms with van der Waals surface area (Å²) < 4.78 is 5.42. The smallest absolute Gasteiger partial charge is 0.227 e. The van der Waals surface area contributed by atoms with Crippen LogP contribution < -0.4 is 15.0 Å². The lowest BCUT2D eigenvalue weighted by Gasteiger charge is -2.27. The van der Waals surface area contributed by atoms with E-state index in [-0.39, 0.29) is 30.2 Å². The van der Waals surface area contributed by atoms with E-state index in [1.165, 1.54) is 11.1 Å². The molecule has 2 aliphatic rings. The summed E-state index contributed by atoms with van der Waals surface area (Å²) in [6, 6.07) is 14.1. The third-order valence-corrected chi connectivity index (χ3v) is 5.81. The molecule has 146 valence electrons. The van der Waals surface area contributed by atoms with Gasteiger partial charge in [0.05, 0.1) is 24.8 Å². The fraction of sp³-hybridized carbons (Fsp3) is 0.391. The zero-order valence-corrected chi connectivity index (χ0v) is 16.4. The standard InChI is InChI=1S/C23H26N2O3/c1-15-10-11-21(28-2)20(12-15)25-14-17(13-22(25)26)23(27)24-19-9-5-7-16-6-3-4-8-18(16)19/h3-4,6,8,10-12,17,19H,5,7,9,13-14H2,1-2H3,(H,24,27)/t17-,19-/m1/s1. The summed E-state index contributed by atoms with van der Waals surface area (Å²) in [5.41, 5.74) is 4.32. The second-order valence-corrected chi connectivity index (χ2v) is 7.73. The lowest BCUT2D eigenvalue weighted by atomic mass is 9.87. The molecule has 1 aliphatic heterocycles. The molecule has 1 aliphatic carbocycles. The maximum Gasteiger partial charge on any atom is 0.227 e. The molecule has 0 radical (unpaired) electrons. The SMILES string of the molecule is COc1ccc(C)cc1N1C[C@H](C(=O)N[C@@H]2CCCc3ccccc32)CC1=O. The largest absolute Gasteiger partial charge is 0.495 e. The van der Waals surface area contributed by atoms with Crippen LogP contribution in [0.5, 0.6) is 5.75 Å². The number of carbonyl (C=O) groups is 2. The van der Waals surface area contributed by atoms with Crippen LogP contribution in [-0.4, -0.2) is 25.5 Å². The zero-order chi connectivity index (χ0) is 19.7. The first-order chi connectivity index (χ1) is 13.6. The van der Waals surface area contributed by atoms with Gasteiger partial charge in [-0.25, -0.2) is 0 Å². The Balaban J connectivity index is 1.49. The van der Waals surface area contributed by atoms with Crippen molar-refractivity contribution >= 4 is 17.5 Å². The van der Waals surface area contributed by atoms with Gasteiger partial charge in [0.25, 0.3) is 0 Å². The topological polar surface area (TPSA) is 58.6 Å². The van der Waals surface area contributed by atoms with Crippen LogP contribution in [0.2, 0.25) is 0 Å². The number of ether oxygens (including phenoxy) is 1. The van der Waals surface area contributed by atoms with Gasteiger partial charge in [0.1, 0.15) is 5.75 Å². The molecular formula is C23H26N2O3. The molecule has 2 aromatic rings. The molecule has 5 heteroatoms. The van der Waals surface area contributed by atoms with Gasteiger partial charge in [0, 0.05) is 13.0 Å². The van der Waals surface area contributed by atoms with Crippen molar-refractivity contribution in [1.29, 1.82) is 0 Å². The van der Waals surface area contributed by atoms with Crippen LogP contribution in [0.15, 0.2) is 42.5 Å². The van der Waals surface area contributed by atoms with E-state index in [0.717, 1.165) is 30.5 Å². The fourth-order valence-electron chi connectivity index (χ4n) is 4.32. The van der Waals surface area contributed by atoms with Crippen LogP contribution in [0.3, 0.4) is 0 Å². The number of nitrogens with zero attached hydrogens (tertiary/aromatic N) is 1. The van der Waals surface area contributed by atoms with Gasteiger partial charge in [-0.15, -0.1) is 0 Å². The number of benzene rings is 2. The van der Waals surface area contributed by atoms with Gasteiger partial charge in [-0.3, -0.25) is 9.59 Å². The van der Waals surface area contributed by atoms with Gasteiger partial charge in [-0.2, -0.15) is 0 Å². The van der Waals surface area contributed by atoms with Gasteiger partial charge in [-0.05, 0) is 55.0 Å². The lowest BCUT2D eigenvalue weighted by Crippen LogP contribution is -2.36. The first-order valence-electron chi connectivity index (χ1n) is 9.90. The van der Waals surface area contributed by atoms with Crippen LogP contribution in [0, 0.1) is 12.8 Å². The Morgan fingerprint density at radius 3 is 2.86 bits per heavy atom. The molecule has 0 unspecified atom stereocenters. The van der Waals surface area contributed by atoms with E-state index in [2.05, 4.69) is 17.4 Å². The number of rotatable bonds is 4. The second kappa shape index (κ2) is 7.66. The molecule has 1 fully saturated rings. The molecule has 0 spiro atoms. The lowest BCUT2D eigenvalue weighted by molar-refractivity contribution is -0.127. The first kappa shape index (κ1) is 18.5. The number of carbonyl (C=O) groups excluding carboxylic acids is 2. The quantitative estimate of drug-likeness (QED) is 0.885. The molecule has 0 aromatic heterocycles. The third kappa shape index (κ3) is 3.49. The van der Waals surface area contributed by atoms with E-state index in [0.29, 0.717) is 12.3 Å². The number of aryl methyl sites for hydroxylation is 2. The molecule has 28 heavy (non-hydrogen) atoms. The predicted octanol–water partition coefficient (Wildman–Crippen LogP) is 3.55. The number of amides is 2. The molecule has 1 N–H and O–H groups in total. The molecule has 5 nitrogen and oxygen atoms in total. The maximum atomic E-state index is 12.9. The normalized spacial score (nSPS) is 21.4. The van der Waals surface area contributed by atoms with Crippen molar-refractivity contribution in [2.24, 2.45) is 5.92 Å². The summed E-state index contributed by atoms with van der Waals surface area (Å²) in [6.07, 6.45) is 3.31. The molecule has 1 saturated heterocycles. The minimum atomic E-state index is -0.341. The number of anilines is 1. The summed E-state index contributed by atoms with van der Waals surface area (Å²) >= 11 is 0. The predicted molar refractivity (Wildman–Crippen MR) is 108 cm³/mol. The Morgan fingerprint density at radius 1 is 1.21 bits per heavy atom. The van der Waals surface area contributed by atoms with Crippen molar-refractivity contribution in [2.75, 3.05) is 18.6 Å². The Kier molecular flexibility index (Phi) is 5.07. The molecule has 2 atom stereocenters. The van der Waals surface area contributed by atoms with Gasteiger partial charge in [0.15, 0.2) is 0 Å². The van der Waals surface area contributed by atoms with Crippen molar-refractivity contribution in [3.05, 3.63) is 59.2 Å². The zero-order valence-electron chi connectivity index (χ0n) is 16.4. The van der Waals surface area contributed by atoms with E-state index < -0.39 is 0 Å². The Bertz CT molecular complexity index is 908. The highest BCUT2D eigenvalue weighted by Gasteiger charge is 2.37. The number of nitrogens with one attached hydrogen (secondary N) is 1. The highest BCUT2D eigenvalue weighted by Crippen LogP contribution is 2.35. The van der Waals surface area contributed by atoms with Gasteiger partial charge in [0.2, 0.25) is 11.8 Å². The van der Waals surface area contributed by atoms with E-state index in [4.69, 9.17) is 4.74 Å². The van der Waals surface area contributed by atoms with Crippen molar-refractivity contribution in [2.45, 2.75) is 38.6 Å². The molecular weight excluding hydrogens is 352 g/mol. The van der Waals surface area contributed by atoms with Gasteiger partial charge in [-0.1, -0.05) is 30.3 Å².